The van der Waals surface area contributed by atoms with Crippen molar-refractivity contribution >= 4 is 34.5 Å². The Balaban J connectivity index is 1.63. The number of fused-ring (bicyclic) bond motifs is 4. The molecule has 0 radical (unpaired) electrons. The van der Waals surface area contributed by atoms with E-state index in [1.165, 1.54) is 11.3 Å². The molecule has 1 amide bonds. The summed E-state index contributed by atoms with van der Waals surface area (Å²) >= 11 is 7.57. The number of aromatic nitrogens is 1. The lowest BCUT2D eigenvalue weighted by molar-refractivity contribution is -0.120. The predicted molar refractivity (Wildman–Crippen MR) is 109 cm³/mol. The Morgan fingerprint density at radius 2 is 2.11 bits per heavy atom. The van der Waals surface area contributed by atoms with Crippen LogP contribution in [0.2, 0.25) is 4.34 Å². The minimum atomic E-state index is -0.596. The molecule has 2 aliphatic rings. The van der Waals surface area contributed by atoms with Crippen LogP contribution in [0.1, 0.15) is 22.6 Å². The summed E-state index contributed by atoms with van der Waals surface area (Å²) < 4.78 is 12.0. The van der Waals surface area contributed by atoms with Crippen molar-refractivity contribution in [3.05, 3.63) is 69.0 Å². The molecule has 0 N–H and O–H groups in total. The Kier molecular flexibility index (Phi) is 4.07. The quantitative estimate of drug-likeness (QED) is 0.639. The van der Waals surface area contributed by atoms with Crippen molar-refractivity contribution in [1.29, 1.82) is 0 Å². The molecule has 0 saturated carbocycles. The van der Waals surface area contributed by atoms with E-state index >= 15 is 0 Å². The number of para-hydroxylation sites is 1. The summed E-state index contributed by atoms with van der Waals surface area (Å²) in [4.78, 5) is 20.8. The van der Waals surface area contributed by atoms with Gasteiger partial charge in [-0.2, -0.15) is 0 Å². The van der Waals surface area contributed by atoms with Crippen LogP contribution in [0.3, 0.4) is 0 Å². The Hall–Kier alpha value is -2.57. The second-order valence-corrected chi connectivity index (χ2v) is 8.75. The maximum atomic E-state index is 13.3. The summed E-state index contributed by atoms with van der Waals surface area (Å²) in [5.74, 6) is 1.27. The zero-order valence-electron chi connectivity index (χ0n) is 15.1. The van der Waals surface area contributed by atoms with Crippen molar-refractivity contribution in [3.8, 4) is 11.6 Å². The topological polar surface area (TPSA) is 51.7 Å². The fraction of sp³-hybridized carbons (Fsp3) is 0.238. The SMILES string of the molecule is COc1ccc2c(n1)C1(CO2)CC(=O)N(Cc2ccc(Cl)s2)c2ccccc21. The van der Waals surface area contributed by atoms with Gasteiger partial charge >= 0.3 is 0 Å². The maximum Gasteiger partial charge on any atom is 0.228 e. The van der Waals surface area contributed by atoms with Crippen LogP contribution in [0.5, 0.6) is 11.6 Å². The van der Waals surface area contributed by atoms with E-state index in [1.807, 2.05) is 41.3 Å². The van der Waals surface area contributed by atoms with Gasteiger partial charge in [-0.25, -0.2) is 4.98 Å². The number of nitrogens with zero attached hydrogens (tertiary/aromatic N) is 2. The summed E-state index contributed by atoms with van der Waals surface area (Å²) in [6.07, 6.45) is 0.302. The molecule has 1 unspecified atom stereocenters. The molecule has 3 aromatic rings. The van der Waals surface area contributed by atoms with Crippen LogP contribution in [0.15, 0.2) is 48.5 Å². The first-order valence-corrected chi connectivity index (χ1v) is 10.1. The summed E-state index contributed by atoms with van der Waals surface area (Å²) in [6, 6.07) is 15.5. The molecule has 0 fully saturated rings. The third kappa shape index (κ3) is 2.59. The zero-order valence-corrected chi connectivity index (χ0v) is 16.7. The number of benzene rings is 1. The summed E-state index contributed by atoms with van der Waals surface area (Å²) in [7, 11) is 1.59. The van der Waals surface area contributed by atoms with Crippen molar-refractivity contribution in [1.82, 2.24) is 4.98 Å². The molecule has 2 aliphatic heterocycles. The van der Waals surface area contributed by atoms with Crippen LogP contribution in [0, 0.1) is 0 Å². The van der Waals surface area contributed by atoms with E-state index in [0.717, 1.165) is 26.2 Å². The molecule has 1 spiro atoms. The molecule has 4 heterocycles. The highest BCUT2D eigenvalue weighted by Gasteiger charge is 2.51. The monoisotopic (exact) mass is 412 g/mol. The van der Waals surface area contributed by atoms with Gasteiger partial charge in [0.05, 0.1) is 23.4 Å². The molecular formula is C21H17ClN2O3S. The number of anilines is 1. The van der Waals surface area contributed by atoms with Crippen LogP contribution >= 0.6 is 22.9 Å². The number of carbonyl (C=O) groups excluding carboxylic acids is 1. The average molecular weight is 413 g/mol. The Morgan fingerprint density at radius 1 is 1.25 bits per heavy atom. The number of thiophene rings is 1. The van der Waals surface area contributed by atoms with Gasteiger partial charge in [0.25, 0.3) is 0 Å². The number of hydrogen-bond acceptors (Lipinski definition) is 5. The van der Waals surface area contributed by atoms with E-state index < -0.39 is 5.41 Å². The molecule has 1 aromatic carbocycles. The van der Waals surface area contributed by atoms with E-state index in [4.69, 9.17) is 21.1 Å². The standard InChI is InChI=1S/C21H17ClN2O3S/c1-26-18-9-7-16-20(23-18)21(12-27-16)10-19(25)24(11-13-6-8-17(22)28-13)15-5-3-2-4-14(15)21/h2-9H,10-12H2,1H3. The first-order chi connectivity index (χ1) is 13.6. The van der Waals surface area contributed by atoms with Gasteiger partial charge in [-0.1, -0.05) is 29.8 Å². The number of rotatable bonds is 3. The Bertz CT molecular complexity index is 1080. The summed E-state index contributed by atoms with van der Waals surface area (Å²) in [5.41, 5.74) is 2.12. The minimum absolute atomic E-state index is 0.0456. The van der Waals surface area contributed by atoms with E-state index in [0.29, 0.717) is 31.2 Å². The van der Waals surface area contributed by atoms with Crippen molar-refractivity contribution in [3.63, 3.8) is 0 Å². The summed E-state index contributed by atoms with van der Waals surface area (Å²) in [6.45, 7) is 0.895. The average Bonchev–Trinajstić information content (AvgIpc) is 3.29. The van der Waals surface area contributed by atoms with Crippen molar-refractivity contribution in [2.75, 3.05) is 18.6 Å². The Labute approximate surface area is 171 Å². The number of halogens is 1. The van der Waals surface area contributed by atoms with Crippen LogP contribution < -0.4 is 14.4 Å². The number of pyridine rings is 1. The van der Waals surface area contributed by atoms with Gasteiger partial charge in [0.2, 0.25) is 11.8 Å². The van der Waals surface area contributed by atoms with Crippen molar-refractivity contribution in [2.24, 2.45) is 0 Å². The molecule has 0 saturated heterocycles. The lowest BCUT2D eigenvalue weighted by Crippen LogP contribution is -2.45. The van der Waals surface area contributed by atoms with Gasteiger partial charge in [0.15, 0.2) is 0 Å². The van der Waals surface area contributed by atoms with E-state index in [9.17, 15) is 4.79 Å². The molecule has 28 heavy (non-hydrogen) atoms. The third-order valence-corrected chi connectivity index (χ3v) is 6.59. The van der Waals surface area contributed by atoms with Gasteiger partial charge in [-0.3, -0.25) is 4.79 Å². The lowest BCUT2D eigenvalue weighted by Gasteiger charge is -2.39. The first kappa shape index (κ1) is 17.5. The van der Waals surface area contributed by atoms with Gasteiger partial charge in [0.1, 0.15) is 18.1 Å². The molecule has 0 aliphatic carbocycles. The largest absolute Gasteiger partial charge is 0.490 e. The van der Waals surface area contributed by atoms with Crippen molar-refractivity contribution in [2.45, 2.75) is 18.4 Å². The number of ether oxygens (including phenoxy) is 2. The molecule has 142 valence electrons. The number of hydrogen-bond donors (Lipinski definition) is 0. The lowest BCUT2D eigenvalue weighted by atomic mass is 9.72. The minimum Gasteiger partial charge on any atom is -0.490 e. The maximum absolute atomic E-state index is 13.3. The third-order valence-electron chi connectivity index (χ3n) is 5.38. The second-order valence-electron chi connectivity index (χ2n) is 6.95. The first-order valence-electron chi connectivity index (χ1n) is 8.93. The molecule has 5 rings (SSSR count). The van der Waals surface area contributed by atoms with Gasteiger partial charge in [-0.05, 0) is 29.8 Å². The fourth-order valence-corrected chi connectivity index (χ4v) is 5.15. The van der Waals surface area contributed by atoms with Gasteiger partial charge < -0.3 is 14.4 Å². The molecule has 0 bridgehead atoms. The number of carbonyl (C=O) groups is 1. The van der Waals surface area contributed by atoms with Gasteiger partial charge in [-0.15, -0.1) is 11.3 Å². The van der Waals surface area contributed by atoms with Crippen LogP contribution in [-0.4, -0.2) is 24.6 Å². The molecule has 5 nitrogen and oxygen atoms in total. The molecular weight excluding hydrogens is 396 g/mol. The fourth-order valence-electron chi connectivity index (χ4n) is 4.07. The number of methoxy groups -OCH3 is 1. The number of amides is 1. The van der Waals surface area contributed by atoms with E-state index in [-0.39, 0.29) is 5.91 Å². The van der Waals surface area contributed by atoms with Gasteiger partial charge in [0, 0.05) is 23.1 Å². The van der Waals surface area contributed by atoms with E-state index in [1.54, 1.807) is 13.2 Å². The highest BCUT2D eigenvalue weighted by molar-refractivity contribution is 7.16. The zero-order chi connectivity index (χ0) is 19.3. The van der Waals surface area contributed by atoms with Crippen molar-refractivity contribution < 1.29 is 14.3 Å². The molecule has 1 atom stereocenters. The predicted octanol–water partition coefficient (Wildman–Crippen LogP) is 4.42. The molecule has 2 aromatic heterocycles. The van der Waals surface area contributed by atoms with Crippen LogP contribution in [-0.2, 0) is 16.8 Å². The Morgan fingerprint density at radius 3 is 2.89 bits per heavy atom. The smallest absolute Gasteiger partial charge is 0.228 e. The highest BCUT2D eigenvalue weighted by atomic mass is 35.5. The van der Waals surface area contributed by atoms with Crippen LogP contribution in [0.25, 0.3) is 0 Å². The van der Waals surface area contributed by atoms with E-state index in [2.05, 4.69) is 11.1 Å². The molecule has 7 heteroatoms. The normalized spacial score (nSPS) is 20.1. The second kappa shape index (κ2) is 6.50. The van der Waals surface area contributed by atoms with Crippen LogP contribution in [0.4, 0.5) is 5.69 Å². The highest BCUT2D eigenvalue weighted by Crippen LogP contribution is 2.51. The summed E-state index contributed by atoms with van der Waals surface area (Å²) in [5, 5.41) is 0.